The van der Waals surface area contributed by atoms with Crippen LogP contribution in [-0.4, -0.2) is 57.7 Å². The third-order valence-electron chi connectivity index (χ3n) is 12.6. The van der Waals surface area contributed by atoms with Gasteiger partial charge in [-0.25, -0.2) is 9.29 Å². The first-order chi connectivity index (χ1) is 29.1. The minimum absolute atomic E-state index is 0.0411. The lowest BCUT2D eigenvalue weighted by atomic mass is 9.48. The number of hydrogen-bond donors (Lipinski definition) is 2. The fourth-order valence-corrected chi connectivity index (χ4v) is 10.4. The van der Waals surface area contributed by atoms with Crippen LogP contribution < -0.4 is 15.2 Å². The van der Waals surface area contributed by atoms with E-state index >= 15 is 9.59 Å². The van der Waals surface area contributed by atoms with Gasteiger partial charge in [0.2, 0.25) is 11.8 Å². The minimum atomic E-state index is -1.79. The molecule has 1 saturated carbocycles. The Morgan fingerprint density at radius 1 is 0.852 bits per heavy atom. The summed E-state index contributed by atoms with van der Waals surface area (Å²) in [5.74, 6) is -9.15. The molecule has 0 bridgehead atoms. The number of carbonyl (C=O) groups is 4. The molecule has 0 radical (unpaired) electrons. The van der Waals surface area contributed by atoms with Crippen molar-refractivity contribution in [2.75, 3.05) is 29.3 Å². The molecule has 2 aliphatic heterocycles. The first-order valence-corrected chi connectivity index (χ1v) is 19.6. The molecule has 4 amide bonds. The van der Waals surface area contributed by atoms with E-state index in [1.165, 1.54) is 37.2 Å². The van der Waals surface area contributed by atoms with Crippen LogP contribution in [0, 0.1) is 49.7 Å². The van der Waals surface area contributed by atoms with Gasteiger partial charge in [0.1, 0.15) is 11.6 Å². The molecule has 5 aromatic rings. The summed E-state index contributed by atoms with van der Waals surface area (Å²) in [7, 11) is 2.79. The van der Waals surface area contributed by atoms with Crippen molar-refractivity contribution in [2.45, 2.75) is 24.2 Å². The molecule has 3 fully saturated rings. The maximum atomic E-state index is 15.5. The number of benzene rings is 5. The second kappa shape index (κ2) is 14.2. The Morgan fingerprint density at radius 2 is 1.51 bits per heavy atom. The van der Waals surface area contributed by atoms with Gasteiger partial charge in [0.05, 0.1) is 44.4 Å². The summed E-state index contributed by atoms with van der Waals surface area (Å²) in [6.07, 6.45) is 1.59. The molecule has 308 valence electrons. The van der Waals surface area contributed by atoms with Gasteiger partial charge in [-0.05, 0) is 77.6 Å². The predicted molar refractivity (Wildman–Crippen MR) is 221 cm³/mol. The number of hydrogen-bond acceptors (Lipinski definition) is 11. The number of halogens is 2. The molecule has 17 heteroatoms. The van der Waals surface area contributed by atoms with Crippen LogP contribution in [0.15, 0.2) is 109 Å². The Labute approximate surface area is 350 Å². The Bertz CT molecular complexity index is 2760. The van der Waals surface area contributed by atoms with Crippen molar-refractivity contribution >= 4 is 74.4 Å². The van der Waals surface area contributed by atoms with Crippen molar-refractivity contribution in [3.8, 4) is 5.75 Å². The van der Waals surface area contributed by atoms with Crippen LogP contribution in [0.3, 0.4) is 0 Å². The second-order valence-electron chi connectivity index (χ2n) is 15.8. The summed E-state index contributed by atoms with van der Waals surface area (Å²) < 4.78 is 14.0. The van der Waals surface area contributed by atoms with E-state index in [-0.39, 0.29) is 35.7 Å². The van der Waals surface area contributed by atoms with E-state index in [9.17, 15) is 39.3 Å². The molecule has 2 heterocycles. The van der Waals surface area contributed by atoms with E-state index in [2.05, 4.69) is 5.43 Å². The molecule has 9 rings (SSSR count). The van der Waals surface area contributed by atoms with Crippen LogP contribution in [-0.2, 0) is 24.6 Å². The third-order valence-corrected chi connectivity index (χ3v) is 12.9. The van der Waals surface area contributed by atoms with Crippen LogP contribution in [0.2, 0.25) is 5.02 Å². The molecule has 6 unspecified atom stereocenters. The quantitative estimate of drug-likeness (QED) is 0.0683. The Hall–Kier alpha value is -7.20. The lowest BCUT2D eigenvalue weighted by Crippen LogP contribution is -2.53. The van der Waals surface area contributed by atoms with Gasteiger partial charge in [-0.3, -0.25) is 44.8 Å². The van der Waals surface area contributed by atoms with Crippen molar-refractivity contribution in [1.29, 1.82) is 0 Å². The number of phenolic OH excluding ortho intramolecular Hbond substituents is 1. The number of nitro benzene ring substituents is 2. The van der Waals surface area contributed by atoms with Gasteiger partial charge in [-0.15, -0.1) is 0 Å². The number of nitrogens with one attached hydrogen (secondary N) is 1. The molecular formula is C44H34ClFN6O9. The summed E-state index contributed by atoms with van der Waals surface area (Å²) in [6.45, 7) is 0. The van der Waals surface area contributed by atoms with E-state index in [4.69, 9.17) is 11.6 Å². The number of allylic oxidation sites excluding steroid dienone is 2. The molecule has 61 heavy (non-hydrogen) atoms. The topological polar surface area (TPSA) is 197 Å². The third kappa shape index (κ3) is 5.76. The van der Waals surface area contributed by atoms with Crippen molar-refractivity contribution in [3.63, 3.8) is 0 Å². The van der Waals surface area contributed by atoms with Gasteiger partial charge >= 0.3 is 11.4 Å². The summed E-state index contributed by atoms with van der Waals surface area (Å²) in [5.41, 5.74) is 0.451. The molecule has 4 aliphatic rings. The molecule has 0 aromatic heterocycles. The molecule has 2 saturated heterocycles. The molecule has 0 spiro atoms. The van der Waals surface area contributed by atoms with Crippen molar-refractivity contribution in [1.82, 2.24) is 5.01 Å². The molecule has 6 atom stereocenters. The molecule has 5 aromatic carbocycles. The maximum absolute atomic E-state index is 15.5. The van der Waals surface area contributed by atoms with Crippen LogP contribution >= 0.6 is 11.6 Å². The Kier molecular flexibility index (Phi) is 9.16. The summed E-state index contributed by atoms with van der Waals surface area (Å²) in [6, 6.07) is 23.9. The number of aromatic hydroxyl groups is 1. The summed E-state index contributed by atoms with van der Waals surface area (Å²) in [4.78, 5) is 84.9. The number of imide groups is 2. The van der Waals surface area contributed by atoms with Gasteiger partial charge in [-0.2, -0.15) is 5.01 Å². The number of phenols is 1. The van der Waals surface area contributed by atoms with Crippen molar-refractivity contribution < 1.29 is 38.5 Å². The average molecular weight is 845 g/mol. The highest BCUT2D eigenvalue weighted by Gasteiger charge is 2.71. The smallest absolute Gasteiger partial charge is 0.301 e. The second-order valence-corrected chi connectivity index (χ2v) is 16.3. The van der Waals surface area contributed by atoms with Gasteiger partial charge in [0, 0.05) is 42.7 Å². The normalized spacial score (nSPS) is 24.3. The maximum Gasteiger partial charge on any atom is 0.301 e. The van der Waals surface area contributed by atoms with Gasteiger partial charge < -0.3 is 10.0 Å². The standard InChI is InChI=1S/C44H34ClFN6O9/c1-48(2)39-33(51(58)59)19-27(20-34(39)52(60)61)49-40(54)30-17-16-29-31(36(30)42(49)56)21-32-41(55)50(47-26-14-12-25(46)13-15-26)43(57)44(32,23-8-10-24(45)11-9-23)38(29)37-28-6-4-3-5-22(28)7-18-35(37)53/h3-16,18-20,30-32,36,38,47,53H,17,21H2,1-2H3. The highest BCUT2D eigenvalue weighted by molar-refractivity contribution is 6.30. The number of amides is 4. The first kappa shape index (κ1) is 39.3. The van der Waals surface area contributed by atoms with Crippen LogP contribution in [0.1, 0.15) is 29.9 Å². The zero-order chi connectivity index (χ0) is 43.2. The predicted octanol–water partition coefficient (Wildman–Crippen LogP) is 7.41. The number of nitrogens with zero attached hydrogens (tertiary/aromatic N) is 5. The summed E-state index contributed by atoms with van der Waals surface area (Å²) in [5, 5.41) is 39.1. The van der Waals surface area contributed by atoms with E-state index in [1.807, 2.05) is 12.1 Å². The number of carbonyl (C=O) groups excluding carboxylic acids is 4. The number of nitro groups is 2. The summed E-state index contributed by atoms with van der Waals surface area (Å²) >= 11 is 6.40. The zero-order valence-electron chi connectivity index (χ0n) is 32.3. The van der Waals surface area contributed by atoms with E-state index in [0.29, 0.717) is 32.5 Å². The van der Waals surface area contributed by atoms with Gasteiger partial charge in [0.25, 0.3) is 11.8 Å². The molecule has 15 nitrogen and oxygen atoms in total. The zero-order valence-corrected chi connectivity index (χ0v) is 33.1. The molecular weight excluding hydrogens is 811 g/mol. The lowest BCUT2D eigenvalue weighted by molar-refractivity contribution is -0.392. The highest BCUT2D eigenvalue weighted by Crippen LogP contribution is 2.66. The SMILES string of the molecule is CN(C)c1c([N+](=O)[O-])cc(N2C(=O)C3CC=C4C(CC5C(=O)N(Nc6ccc(F)cc6)C(=O)C5(c5ccc(Cl)cc5)C4c4c(O)ccc5ccccc45)C3C2=O)cc1[N+](=O)[O-]. The van der Waals surface area contributed by atoms with E-state index in [0.717, 1.165) is 34.2 Å². The Balaban J connectivity index is 1.26. The van der Waals surface area contributed by atoms with Crippen molar-refractivity contribution in [3.05, 3.63) is 151 Å². The molecule has 2 N–H and O–H groups in total. The number of rotatable bonds is 8. The van der Waals surface area contributed by atoms with Crippen LogP contribution in [0.5, 0.6) is 5.75 Å². The molecule has 2 aliphatic carbocycles. The average Bonchev–Trinajstić information content (AvgIpc) is 3.62. The number of anilines is 3. The Morgan fingerprint density at radius 3 is 2.15 bits per heavy atom. The number of hydrazine groups is 1. The lowest BCUT2D eigenvalue weighted by Gasteiger charge is -2.51. The van der Waals surface area contributed by atoms with Gasteiger partial charge in [0.15, 0.2) is 5.69 Å². The van der Waals surface area contributed by atoms with Crippen LogP contribution in [0.4, 0.5) is 32.8 Å². The van der Waals surface area contributed by atoms with E-state index in [1.54, 1.807) is 48.5 Å². The van der Waals surface area contributed by atoms with Gasteiger partial charge in [-0.1, -0.05) is 65.7 Å². The monoisotopic (exact) mass is 844 g/mol. The van der Waals surface area contributed by atoms with E-state index < -0.39 is 85.7 Å². The number of fused-ring (bicyclic) bond motifs is 5. The van der Waals surface area contributed by atoms with Crippen LogP contribution in [0.25, 0.3) is 10.8 Å². The fraction of sp³-hybridized carbons (Fsp3) is 0.227. The largest absolute Gasteiger partial charge is 0.508 e. The fourth-order valence-electron chi connectivity index (χ4n) is 10.3. The minimum Gasteiger partial charge on any atom is -0.508 e. The van der Waals surface area contributed by atoms with Crippen molar-refractivity contribution in [2.24, 2.45) is 23.7 Å². The first-order valence-electron chi connectivity index (χ1n) is 19.2. The highest BCUT2D eigenvalue weighted by atomic mass is 35.5.